The molecular weight excluding hydrogens is 393 g/mol. The van der Waals surface area contributed by atoms with Gasteiger partial charge in [-0.25, -0.2) is 9.37 Å². The normalized spacial score (nSPS) is 13.1. The molecule has 8 nitrogen and oxygen atoms in total. The lowest BCUT2D eigenvalue weighted by Crippen LogP contribution is -2.18. The number of carbonyl (C=O) groups excluding carboxylic acids is 1. The zero-order valence-electron chi connectivity index (χ0n) is 14.9. The van der Waals surface area contributed by atoms with Crippen LogP contribution in [0.15, 0.2) is 53.7 Å². The fourth-order valence-corrected chi connectivity index (χ4v) is 3.75. The molecule has 4 N–H and O–H groups in total. The summed E-state index contributed by atoms with van der Waals surface area (Å²) in [6.07, 6.45) is 2.82. The zero-order valence-corrected chi connectivity index (χ0v) is 15.7. The summed E-state index contributed by atoms with van der Waals surface area (Å²) in [5, 5.41) is 16.6. The minimum atomic E-state index is -0.586. The van der Waals surface area contributed by atoms with Gasteiger partial charge in [0.1, 0.15) is 0 Å². The molecule has 144 valence electrons. The van der Waals surface area contributed by atoms with Crippen molar-refractivity contribution in [2.24, 2.45) is 0 Å². The predicted octanol–water partition coefficient (Wildman–Crippen LogP) is 4.02. The van der Waals surface area contributed by atoms with E-state index in [-0.39, 0.29) is 17.7 Å². The van der Waals surface area contributed by atoms with Gasteiger partial charge >= 0.3 is 0 Å². The van der Waals surface area contributed by atoms with Gasteiger partial charge < -0.3 is 16.0 Å². The number of aromatic nitrogens is 4. The summed E-state index contributed by atoms with van der Waals surface area (Å²) in [4.78, 5) is 20.8. The first-order valence-electron chi connectivity index (χ1n) is 8.70. The average Bonchev–Trinajstić information content (AvgIpc) is 3.18. The molecule has 5 rings (SSSR count). The van der Waals surface area contributed by atoms with Gasteiger partial charge in [0.15, 0.2) is 11.6 Å². The van der Waals surface area contributed by atoms with Crippen molar-refractivity contribution >= 4 is 57.4 Å². The first-order chi connectivity index (χ1) is 14.1. The molecule has 2 aromatic carbocycles. The lowest BCUT2D eigenvalue weighted by Gasteiger charge is -2.17. The Morgan fingerprint density at radius 1 is 1.07 bits per heavy atom. The Kier molecular flexibility index (Phi) is 4.24. The number of nitrogens with one attached hydrogen (secondary N) is 4. The molecule has 0 unspecified atom stereocenters. The number of rotatable bonds is 4. The van der Waals surface area contributed by atoms with Gasteiger partial charge in [-0.05, 0) is 36.4 Å². The van der Waals surface area contributed by atoms with Crippen molar-refractivity contribution in [1.29, 1.82) is 0 Å². The van der Waals surface area contributed by atoms with Gasteiger partial charge in [-0.3, -0.25) is 9.89 Å². The van der Waals surface area contributed by atoms with Crippen molar-refractivity contribution in [2.75, 3.05) is 21.7 Å². The fraction of sp³-hybridized carbons (Fsp3) is 0.0526. The van der Waals surface area contributed by atoms with E-state index in [4.69, 9.17) is 0 Å². The Morgan fingerprint density at radius 3 is 2.86 bits per heavy atom. The average molecular weight is 407 g/mol. The van der Waals surface area contributed by atoms with Crippen LogP contribution in [0.5, 0.6) is 0 Å². The van der Waals surface area contributed by atoms with Crippen LogP contribution in [0.25, 0.3) is 10.9 Å². The number of H-pyrrole nitrogens is 1. The molecule has 0 bridgehead atoms. The molecule has 0 radical (unpaired) electrons. The summed E-state index contributed by atoms with van der Waals surface area (Å²) >= 11 is 1.46. The van der Waals surface area contributed by atoms with Crippen LogP contribution < -0.4 is 16.0 Å². The highest BCUT2D eigenvalue weighted by Crippen LogP contribution is 2.34. The van der Waals surface area contributed by atoms with Crippen LogP contribution in [0.4, 0.5) is 33.2 Å². The van der Waals surface area contributed by atoms with Crippen LogP contribution in [-0.2, 0) is 4.79 Å². The van der Waals surface area contributed by atoms with E-state index in [1.54, 1.807) is 12.3 Å². The Hall–Kier alpha value is -3.66. The van der Waals surface area contributed by atoms with Crippen LogP contribution in [0.3, 0.4) is 0 Å². The number of thioether (sulfide) groups is 1. The Labute approximate surface area is 168 Å². The van der Waals surface area contributed by atoms with Gasteiger partial charge in [0, 0.05) is 21.7 Å². The maximum absolute atomic E-state index is 14.3. The van der Waals surface area contributed by atoms with Crippen molar-refractivity contribution in [3.05, 3.63) is 54.6 Å². The molecule has 3 heterocycles. The second-order valence-electron chi connectivity index (χ2n) is 6.36. The Morgan fingerprint density at radius 2 is 1.93 bits per heavy atom. The van der Waals surface area contributed by atoms with Crippen LogP contribution in [0, 0.1) is 5.82 Å². The van der Waals surface area contributed by atoms with Gasteiger partial charge in [0.05, 0.1) is 29.4 Å². The van der Waals surface area contributed by atoms with Crippen molar-refractivity contribution in [2.45, 2.75) is 4.90 Å². The van der Waals surface area contributed by atoms with Gasteiger partial charge in [-0.1, -0.05) is 0 Å². The highest BCUT2D eigenvalue weighted by atomic mass is 32.2. The van der Waals surface area contributed by atoms with E-state index < -0.39 is 5.82 Å². The first-order valence-corrected chi connectivity index (χ1v) is 9.69. The smallest absolute Gasteiger partial charge is 0.234 e. The molecule has 10 heteroatoms. The number of hydrogen-bond acceptors (Lipinski definition) is 7. The highest BCUT2D eigenvalue weighted by Gasteiger charge is 2.16. The third-order valence-electron chi connectivity index (χ3n) is 4.32. The molecule has 0 saturated heterocycles. The lowest BCUT2D eigenvalue weighted by molar-refractivity contribution is -0.113. The predicted molar refractivity (Wildman–Crippen MR) is 110 cm³/mol. The van der Waals surface area contributed by atoms with Crippen molar-refractivity contribution in [1.82, 2.24) is 20.2 Å². The molecule has 29 heavy (non-hydrogen) atoms. The number of benzene rings is 2. The van der Waals surface area contributed by atoms with Crippen molar-refractivity contribution in [3.8, 4) is 0 Å². The van der Waals surface area contributed by atoms with Crippen molar-refractivity contribution in [3.63, 3.8) is 0 Å². The summed E-state index contributed by atoms with van der Waals surface area (Å²) < 4.78 is 14.3. The maximum Gasteiger partial charge on any atom is 0.234 e. The second kappa shape index (κ2) is 7.06. The SMILES string of the molecule is O=C1CSc2ccc(Nc3nc(Nc4ccc5[nH]ncc5c4)ncc3F)cc2N1. The summed E-state index contributed by atoms with van der Waals surface area (Å²) in [6.45, 7) is 0. The minimum Gasteiger partial charge on any atom is -0.338 e. The third kappa shape index (κ3) is 3.57. The number of fused-ring (bicyclic) bond motifs is 2. The molecule has 1 aliphatic rings. The van der Waals surface area contributed by atoms with E-state index in [2.05, 4.69) is 36.1 Å². The monoisotopic (exact) mass is 407 g/mol. The topological polar surface area (TPSA) is 108 Å². The minimum absolute atomic E-state index is 0.0293. The Bertz CT molecular complexity index is 1240. The van der Waals surface area contributed by atoms with E-state index in [9.17, 15) is 9.18 Å². The second-order valence-corrected chi connectivity index (χ2v) is 7.38. The molecule has 0 atom stereocenters. The third-order valence-corrected chi connectivity index (χ3v) is 5.39. The first kappa shape index (κ1) is 17.4. The highest BCUT2D eigenvalue weighted by molar-refractivity contribution is 8.00. The van der Waals surface area contributed by atoms with E-state index in [1.165, 1.54) is 11.8 Å². The summed E-state index contributed by atoms with van der Waals surface area (Å²) in [7, 11) is 0. The van der Waals surface area contributed by atoms with Crippen LogP contribution >= 0.6 is 11.8 Å². The number of halogens is 1. The molecule has 1 aliphatic heterocycles. The molecule has 1 amide bonds. The van der Waals surface area contributed by atoms with Crippen LogP contribution in [0.1, 0.15) is 0 Å². The van der Waals surface area contributed by atoms with E-state index >= 15 is 0 Å². The fourth-order valence-electron chi connectivity index (χ4n) is 2.96. The van der Waals surface area contributed by atoms with Gasteiger partial charge in [0.2, 0.25) is 11.9 Å². The van der Waals surface area contributed by atoms with Crippen LogP contribution in [-0.4, -0.2) is 31.8 Å². The lowest BCUT2D eigenvalue weighted by atomic mass is 10.2. The summed E-state index contributed by atoms with van der Waals surface area (Å²) in [5.41, 5.74) is 2.97. The molecule has 0 fully saturated rings. The number of nitrogens with zero attached hydrogens (tertiary/aromatic N) is 3. The molecule has 0 aliphatic carbocycles. The molecule has 0 spiro atoms. The molecule has 0 saturated carbocycles. The largest absolute Gasteiger partial charge is 0.338 e. The Balaban J connectivity index is 1.39. The quantitative estimate of drug-likeness (QED) is 0.405. The standard InChI is InChI=1S/C19H14FN7OS/c20-13-8-21-19(24-11-1-3-14-10(5-11)7-22-27-14)26-18(13)23-12-2-4-16-15(6-12)25-17(28)9-29-16/h1-8H,9H2,(H,22,27)(H,25,28)(H2,21,23,24,26). The number of hydrogen-bond donors (Lipinski definition) is 4. The number of amides is 1. The summed E-state index contributed by atoms with van der Waals surface area (Å²) in [5.74, 6) is 0.0195. The number of anilines is 5. The van der Waals surface area contributed by atoms with Crippen molar-refractivity contribution < 1.29 is 9.18 Å². The van der Waals surface area contributed by atoms with Gasteiger partial charge in [0.25, 0.3) is 0 Å². The van der Waals surface area contributed by atoms with Gasteiger partial charge in [-0.15, -0.1) is 11.8 Å². The van der Waals surface area contributed by atoms with Crippen LogP contribution in [0.2, 0.25) is 0 Å². The molecular formula is C19H14FN7OS. The molecule has 2 aromatic heterocycles. The maximum atomic E-state index is 14.3. The van der Waals surface area contributed by atoms with E-state index in [1.807, 2.05) is 30.3 Å². The number of carbonyl (C=O) groups is 1. The van der Waals surface area contributed by atoms with E-state index in [0.717, 1.165) is 27.7 Å². The zero-order chi connectivity index (χ0) is 19.8. The van der Waals surface area contributed by atoms with Gasteiger partial charge in [-0.2, -0.15) is 10.1 Å². The molecule has 4 aromatic rings. The summed E-state index contributed by atoms with van der Waals surface area (Å²) in [6, 6.07) is 11.1. The van der Waals surface area contributed by atoms with E-state index in [0.29, 0.717) is 17.1 Å². The number of aromatic amines is 1.